The first kappa shape index (κ1) is 22.1. The van der Waals surface area contributed by atoms with Crippen LogP contribution in [0, 0.1) is 5.82 Å². The van der Waals surface area contributed by atoms with E-state index in [0.717, 1.165) is 24.9 Å². The van der Waals surface area contributed by atoms with Crippen LogP contribution < -0.4 is 10.6 Å². The maximum Gasteiger partial charge on any atom is 0.255 e. The number of nitrogens with one attached hydrogen (secondary N) is 2. The molecule has 6 heteroatoms. The second-order valence-corrected chi connectivity index (χ2v) is 7.74. The molecular formula is C27H25FN4O. The second-order valence-electron chi connectivity index (χ2n) is 7.74. The fourth-order valence-corrected chi connectivity index (χ4v) is 3.42. The predicted octanol–water partition coefficient (Wildman–Crippen LogP) is 6.62. The molecule has 33 heavy (non-hydrogen) atoms. The van der Waals surface area contributed by atoms with E-state index in [4.69, 9.17) is 0 Å². The van der Waals surface area contributed by atoms with E-state index in [1.54, 1.807) is 42.6 Å². The Morgan fingerprint density at radius 3 is 2.55 bits per heavy atom. The highest BCUT2D eigenvalue weighted by Crippen LogP contribution is 2.21. The number of amides is 1. The normalized spacial score (nSPS) is 10.6. The summed E-state index contributed by atoms with van der Waals surface area (Å²) in [5.41, 5.74) is 3.85. The quantitative estimate of drug-likeness (QED) is 0.323. The van der Waals surface area contributed by atoms with Crippen molar-refractivity contribution in [3.8, 4) is 11.4 Å². The van der Waals surface area contributed by atoms with Crippen LogP contribution in [-0.4, -0.2) is 15.9 Å². The molecule has 0 aliphatic carbocycles. The van der Waals surface area contributed by atoms with E-state index in [2.05, 4.69) is 39.7 Å². The standard InChI is InChI=1S/C27H25FN4O/c1-2-3-6-19-11-13-23(14-12-19)31-27(33)21-8-5-10-24(18-21)30-25-15-16-29-26(32-25)20-7-4-9-22(28)17-20/h4-5,7-18H,2-3,6H2,1H3,(H,31,33)(H,29,30,32). The maximum atomic E-state index is 13.5. The molecule has 166 valence electrons. The van der Waals surface area contributed by atoms with Gasteiger partial charge in [-0.15, -0.1) is 0 Å². The number of halogens is 1. The number of unbranched alkanes of at least 4 members (excludes halogenated alkanes) is 1. The zero-order chi connectivity index (χ0) is 23.0. The van der Waals surface area contributed by atoms with Crippen molar-refractivity contribution >= 4 is 23.1 Å². The molecule has 0 radical (unpaired) electrons. The third kappa shape index (κ3) is 6.01. The molecule has 0 spiro atoms. The molecule has 1 amide bonds. The average Bonchev–Trinajstić information content (AvgIpc) is 2.84. The molecule has 0 aliphatic heterocycles. The topological polar surface area (TPSA) is 66.9 Å². The molecule has 3 aromatic carbocycles. The van der Waals surface area contributed by atoms with Crippen molar-refractivity contribution in [1.82, 2.24) is 9.97 Å². The Morgan fingerprint density at radius 2 is 1.76 bits per heavy atom. The summed E-state index contributed by atoms with van der Waals surface area (Å²) in [4.78, 5) is 21.4. The molecule has 4 rings (SSSR count). The number of hydrogen-bond donors (Lipinski definition) is 2. The van der Waals surface area contributed by atoms with Gasteiger partial charge in [0.2, 0.25) is 0 Å². The number of aryl methyl sites for hydroxylation is 1. The van der Waals surface area contributed by atoms with Gasteiger partial charge in [0.1, 0.15) is 11.6 Å². The Bertz CT molecular complexity index is 1240. The number of rotatable bonds is 8. The van der Waals surface area contributed by atoms with Gasteiger partial charge in [-0.3, -0.25) is 4.79 Å². The zero-order valence-corrected chi connectivity index (χ0v) is 18.4. The van der Waals surface area contributed by atoms with Crippen molar-refractivity contribution in [2.24, 2.45) is 0 Å². The molecule has 2 N–H and O–H groups in total. The van der Waals surface area contributed by atoms with Gasteiger partial charge in [-0.2, -0.15) is 0 Å². The predicted molar refractivity (Wildman–Crippen MR) is 130 cm³/mol. The van der Waals surface area contributed by atoms with Crippen molar-refractivity contribution in [3.05, 3.63) is 102 Å². The van der Waals surface area contributed by atoms with Crippen LogP contribution in [0.15, 0.2) is 85.1 Å². The van der Waals surface area contributed by atoms with E-state index >= 15 is 0 Å². The summed E-state index contributed by atoms with van der Waals surface area (Å²) in [6.07, 6.45) is 4.96. The average molecular weight is 441 g/mol. The Morgan fingerprint density at radius 1 is 0.939 bits per heavy atom. The molecule has 4 aromatic rings. The van der Waals surface area contributed by atoms with Crippen LogP contribution in [0.4, 0.5) is 21.6 Å². The molecule has 0 saturated carbocycles. The van der Waals surface area contributed by atoms with Gasteiger partial charge in [0.05, 0.1) is 0 Å². The summed E-state index contributed by atoms with van der Waals surface area (Å²) < 4.78 is 13.5. The van der Waals surface area contributed by atoms with Crippen LogP contribution in [0.2, 0.25) is 0 Å². The summed E-state index contributed by atoms with van der Waals surface area (Å²) in [5.74, 6) is 0.423. The molecule has 5 nitrogen and oxygen atoms in total. The minimum Gasteiger partial charge on any atom is -0.340 e. The second kappa shape index (κ2) is 10.5. The molecule has 1 heterocycles. The van der Waals surface area contributed by atoms with Gasteiger partial charge in [0.15, 0.2) is 5.82 Å². The van der Waals surface area contributed by atoms with E-state index in [9.17, 15) is 9.18 Å². The minimum atomic E-state index is -0.344. The van der Waals surface area contributed by atoms with Crippen LogP contribution in [0.25, 0.3) is 11.4 Å². The highest BCUT2D eigenvalue weighted by atomic mass is 19.1. The number of nitrogens with zero attached hydrogens (tertiary/aromatic N) is 2. The minimum absolute atomic E-state index is 0.192. The van der Waals surface area contributed by atoms with Crippen LogP contribution >= 0.6 is 0 Å². The Labute approximate surface area is 192 Å². The number of anilines is 3. The molecule has 0 atom stereocenters. The number of hydrogen-bond acceptors (Lipinski definition) is 4. The first-order valence-corrected chi connectivity index (χ1v) is 11.0. The summed E-state index contributed by atoms with van der Waals surface area (Å²) in [5, 5.41) is 6.13. The number of carbonyl (C=O) groups is 1. The number of benzene rings is 3. The lowest BCUT2D eigenvalue weighted by Gasteiger charge is -2.10. The number of carbonyl (C=O) groups excluding carboxylic acids is 1. The highest BCUT2D eigenvalue weighted by Gasteiger charge is 2.09. The van der Waals surface area contributed by atoms with E-state index in [0.29, 0.717) is 28.5 Å². The fourth-order valence-electron chi connectivity index (χ4n) is 3.42. The monoisotopic (exact) mass is 440 g/mol. The smallest absolute Gasteiger partial charge is 0.255 e. The highest BCUT2D eigenvalue weighted by molar-refractivity contribution is 6.04. The SMILES string of the molecule is CCCCc1ccc(NC(=O)c2cccc(Nc3ccnc(-c4cccc(F)c4)n3)c2)cc1. The van der Waals surface area contributed by atoms with Gasteiger partial charge < -0.3 is 10.6 Å². The van der Waals surface area contributed by atoms with Crippen molar-refractivity contribution in [1.29, 1.82) is 0 Å². The lowest BCUT2D eigenvalue weighted by molar-refractivity contribution is 0.102. The maximum absolute atomic E-state index is 13.5. The summed E-state index contributed by atoms with van der Waals surface area (Å²) >= 11 is 0. The van der Waals surface area contributed by atoms with Crippen LogP contribution in [0.5, 0.6) is 0 Å². The lowest BCUT2D eigenvalue weighted by Crippen LogP contribution is -2.12. The van der Waals surface area contributed by atoms with Gasteiger partial charge in [0, 0.05) is 28.7 Å². The molecule has 0 aliphatic rings. The number of aromatic nitrogens is 2. The molecule has 0 saturated heterocycles. The van der Waals surface area contributed by atoms with Crippen molar-refractivity contribution < 1.29 is 9.18 Å². The van der Waals surface area contributed by atoms with E-state index < -0.39 is 0 Å². The summed E-state index contributed by atoms with van der Waals surface area (Å²) in [7, 11) is 0. The largest absolute Gasteiger partial charge is 0.340 e. The molecule has 1 aromatic heterocycles. The van der Waals surface area contributed by atoms with E-state index in [-0.39, 0.29) is 11.7 Å². The molecule has 0 fully saturated rings. The van der Waals surface area contributed by atoms with Gasteiger partial charge in [-0.05, 0) is 66.9 Å². The first-order chi connectivity index (χ1) is 16.1. The summed E-state index contributed by atoms with van der Waals surface area (Å²) in [6.45, 7) is 2.17. The Kier molecular flexibility index (Phi) is 7.05. The van der Waals surface area contributed by atoms with Gasteiger partial charge >= 0.3 is 0 Å². The third-order valence-electron chi connectivity index (χ3n) is 5.17. The van der Waals surface area contributed by atoms with Crippen LogP contribution in [-0.2, 0) is 6.42 Å². The Hall–Kier alpha value is -4.06. The van der Waals surface area contributed by atoms with Crippen molar-refractivity contribution in [2.45, 2.75) is 26.2 Å². The van der Waals surface area contributed by atoms with Crippen molar-refractivity contribution in [3.63, 3.8) is 0 Å². The Balaban J connectivity index is 1.45. The first-order valence-electron chi connectivity index (χ1n) is 11.0. The van der Waals surface area contributed by atoms with E-state index in [1.165, 1.54) is 17.7 Å². The lowest BCUT2D eigenvalue weighted by atomic mass is 10.1. The van der Waals surface area contributed by atoms with E-state index in [1.807, 2.05) is 18.2 Å². The van der Waals surface area contributed by atoms with Gasteiger partial charge in [0.25, 0.3) is 5.91 Å². The van der Waals surface area contributed by atoms with Crippen LogP contribution in [0.3, 0.4) is 0 Å². The molecule has 0 unspecified atom stereocenters. The van der Waals surface area contributed by atoms with Crippen LogP contribution in [0.1, 0.15) is 35.7 Å². The van der Waals surface area contributed by atoms with Gasteiger partial charge in [-0.1, -0.05) is 43.7 Å². The molecule has 0 bridgehead atoms. The third-order valence-corrected chi connectivity index (χ3v) is 5.17. The summed E-state index contributed by atoms with van der Waals surface area (Å²) in [6, 6.07) is 23.0. The molecular weight excluding hydrogens is 415 g/mol. The van der Waals surface area contributed by atoms with Crippen molar-refractivity contribution in [2.75, 3.05) is 10.6 Å². The zero-order valence-electron chi connectivity index (χ0n) is 18.4. The van der Waals surface area contributed by atoms with Gasteiger partial charge in [-0.25, -0.2) is 14.4 Å². The fraction of sp³-hybridized carbons (Fsp3) is 0.148.